The molecule has 0 bridgehead atoms. The van der Waals surface area contributed by atoms with Crippen LogP contribution < -0.4 is 4.90 Å². The number of fused-ring (bicyclic) bond motifs is 6. The maximum atomic E-state index is 6.77. The van der Waals surface area contributed by atoms with Crippen LogP contribution in [0.3, 0.4) is 0 Å². The van der Waals surface area contributed by atoms with E-state index in [1.807, 2.05) is 17.4 Å². The van der Waals surface area contributed by atoms with Gasteiger partial charge in [0.25, 0.3) is 0 Å². The molecule has 0 fully saturated rings. The van der Waals surface area contributed by atoms with Gasteiger partial charge in [0.1, 0.15) is 11.2 Å². The van der Waals surface area contributed by atoms with E-state index in [-0.39, 0.29) is 0 Å². The Hall–Kier alpha value is -7.98. The lowest BCUT2D eigenvalue weighted by Crippen LogP contribution is -2.13. The van der Waals surface area contributed by atoms with Gasteiger partial charge in [0.2, 0.25) is 0 Å². The topological polar surface area (TPSA) is 16.4 Å². The Balaban J connectivity index is 1.14. The summed E-state index contributed by atoms with van der Waals surface area (Å²) in [6.07, 6.45) is 0. The molecule has 2 nitrogen and oxygen atoms in total. The minimum Gasteiger partial charge on any atom is -0.455 e. The second-order valence-electron chi connectivity index (χ2n) is 16.0. The molecule has 0 atom stereocenters. The first kappa shape index (κ1) is 36.8. The highest BCUT2D eigenvalue weighted by atomic mass is 32.1. The van der Waals surface area contributed by atoms with Crippen LogP contribution in [0.2, 0.25) is 0 Å². The Kier molecular flexibility index (Phi) is 9.06. The molecular weight excluding hydrogens is 783 g/mol. The lowest BCUT2D eigenvalue weighted by Gasteiger charge is -2.31. The number of hydrogen-bond donors (Lipinski definition) is 0. The van der Waals surface area contributed by atoms with Crippen molar-refractivity contribution in [1.29, 1.82) is 0 Å². The van der Waals surface area contributed by atoms with Crippen molar-refractivity contribution in [2.75, 3.05) is 4.90 Å². The quantitative estimate of drug-likeness (QED) is 0.152. The minimum atomic E-state index is 0.881. The van der Waals surface area contributed by atoms with Gasteiger partial charge >= 0.3 is 0 Å². The van der Waals surface area contributed by atoms with Crippen LogP contribution in [0.25, 0.3) is 97.7 Å². The van der Waals surface area contributed by atoms with Crippen LogP contribution in [0.1, 0.15) is 0 Å². The summed E-state index contributed by atoms with van der Waals surface area (Å²) in [5, 5.41) is 4.79. The van der Waals surface area contributed by atoms with E-state index in [0.29, 0.717) is 0 Å². The Morgan fingerprint density at radius 2 is 0.873 bits per heavy atom. The zero-order valence-corrected chi connectivity index (χ0v) is 35.1. The molecule has 10 aromatic carbocycles. The summed E-state index contributed by atoms with van der Waals surface area (Å²) in [6.45, 7) is 0. The number of nitrogens with zero attached hydrogens (tertiary/aromatic N) is 1. The second kappa shape index (κ2) is 15.5. The number of furan rings is 1. The van der Waals surface area contributed by atoms with Crippen molar-refractivity contribution < 1.29 is 4.42 Å². The molecule has 0 aliphatic carbocycles. The van der Waals surface area contributed by atoms with Crippen molar-refractivity contribution in [3.63, 3.8) is 0 Å². The summed E-state index contributed by atoms with van der Waals surface area (Å²) >= 11 is 1.85. The SMILES string of the molecule is c1ccc(-c2ccc(N(c3ccccc3-c3ccc4sc5ccccc5c4c3)c3cccc(-c4cccc5c4oc4ccccc45)c3-c3cccc(-c4ccccc4)c3)cc2)cc1. The first-order valence-electron chi connectivity index (χ1n) is 21.4. The van der Waals surface area contributed by atoms with Crippen molar-refractivity contribution in [1.82, 2.24) is 0 Å². The molecule has 0 saturated heterocycles. The highest BCUT2D eigenvalue weighted by Crippen LogP contribution is 2.50. The van der Waals surface area contributed by atoms with Crippen molar-refractivity contribution in [3.05, 3.63) is 237 Å². The van der Waals surface area contributed by atoms with Gasteiger partial charge in [-0.05, 0) is 93.5 Å². The van der Waals surface area contributed by atoms with E-state index in [9.17, 15) is 0 Å². The maximum absolute atomic E-state index is 6.77. The van der Waals surface area contributed by atoms with E-state index in [0.717, 1.165) is 72.4 Å². The molecule has 0 aliphatic rings. The highest BCUT2D eigenvalue weighted by molar-refractivity contribution is 7.25. The molecule has 0 N–H and O–H groups in total. The molecule has 296 valence electrons. The molecule has 0 spiro atoms. The third kappa shape index (κ3) is 6.50. The summed E-state index contributed by atoms with van der Waals surface area (Å²) in [6, 6.07) is 85.5. The largest absolute Gasteiger partial charge is 0.455 e. The Bertz CT molecular complexity index is 3620. The van der Waals surface area contributed by atoms with Crippen LogP contribution in [0.4, 0.5) is 17.1 Å². The van der Waals surface area contributed by atoms with Crippen LogP contribution in [0.15, 0.2) is 241 Å². The van der Waals surface area contributed by atoms with Crippen molar-refractivity contribution in [3.8, 4) is 55.6 Å². The van der Waals surface area contributed by atoms with Crippen LogP contribution in [-0.2, 0) is 0 Å². The lowest BCUT2D eigenvalue weighted by molar-refractivity contribution is 0.670. The molecule has 0 saturated carbocycles. The maximum Gasteiger partial charge on any atom is 0.143 e. The third-order valence-corrected chi connectivity index (χ3v) is 13.5. The van der Waals surface area contributed by atoms with Gasteiger partial charge in [-0.25, -0.2) is 0 Å². The zero-order valence-electron chi connectivity index (χ0n) is 34.3. The van der Waals surface area contributed by atoms with Gasteiger partial charge in [0.15, 0.2) is 0 Å². The van der Waals surface area contributed by atoms with E-state index in [4.69, 9.17) is 4.42 Å². The van der Waals surface area contributed by atoms with E-state index in [1.165, 1.54) is 42.4 Å². The molecule has 3 heteroatoms. The average Bonchev–Trinajstić information content (AvgIpc) is 3.93. The molecule has 2 heterocycles. The Labute approximate surface area is 370 Å². The van der Waals surface area contributed by atoms with Crippen LogP contribution >= 0.6 is 11.3 Å². The summed E-state index contributed by atoms with van der Waals surface area (Å²) in [4.78, 5) is 2.47. The fraction of sp³-hybridized carbons (Fsp3) is 0. The number of hydrogen-bond acceptors (Lipinski definition) is 3. The summed E-state index contributed by atoms with van der Waals surface area (Å²) in [7, 11) is 0. The lowest BCUT2D eigenvalue weighted by atomic mass is 9.89. The van der Waals surface area contributed by atoms with Gasteiger partial charge in [0, 0.05) is 53.3 Å². The first-order chi connectivity index (χ1) is 31.2. The number of anilines is 3. The van der Waals surface area contributed by atoms with Crippen molar-refractivity contribution in [2.24, 2.45) is 0 Å². The molecule has 0 aliphatic heterocycles. The fourth-order valence-electron chi connectivity index (χ4n) is 9.35. The van der Waals surface area contributed by atoms with E-state index in [2.05, 4.69) is 235 Å². The van der Waals surface area contributed by atoms with Crippen LogP contribution in [-0.4, -0.2) is 0 Å². The molecule has 0 unspecified atom stereocenters. The van der Waals surface area contributed by atoms with E-state index < -0.39 is 0 Å². The average molecular weight is 822 g/mol. The van der Waals surface area contributed by atoms with E-state index in [1.54, 1.807) is 0 Å². The molecular formula is C60H39NOS. The number of para-hydroxylation sites is 3. The molecule has 63 heavy (non-hydrogen) atoms. The molecule has 12 rings (SSSR count). The summed E-state index contributed by atoms with van der Waals surface area (Å²) < 4.78 is 9.36. The smallest absolute Gasteiger partial charge is 0.143 e. The highest BCUT2D eigenvalue weighted by Gasteiger charge is 2.25. The zero-order chi connectivity index (χ0) is 41.7. The predicted molar refractivity (Wildman–Crippen MR) is 268 cm³/mol. The third-order valence-electron chi connectivity index (χ3n) is 12.3. The molecule has 2 aromatic heterocycles. The first-order valence-corrected chi connectivity index (χ1v) is 22.2. The summed E-state index contributed by atoms with van der Waals surface area (Å²) in [5.74, 6) is 0. The predicted octanol–water partition coefficient (Wildman–Crippen LogP) is 17.8. The van der Waals surface area contributed by atoms with Gasteiger partial charge in [-0.15, -0.1) is 11.3 Å². The van der Waals surface area contributed by atoms with Crippen molar-refractivity contribution in [2.45, 2.75) is 0 Å². The minimum absolute atomic E-state index is 0.881. The number of benzene rings is 10. The van der Waals surface area contributed by atoms with Gasteiger partial charge in [-0.3, -0.25) is 0 Å². The van der Waals surface area contributed by atoms with Gasteiger partial charge in [-0.2, -0.15) is 0 Å². The molecule has 12 aromatic rings. The molecule has 0 radical (unpaired) electrons. The van der Waals surface area contributed by atoms with Crippen LogP contribution in [0.5, 0.6) is 0 Å². The Morgan fingerprint density at radius 3 is 1.71 bits per heavy atom. The second-order valence-corrected chi connectivity index (χ2v) is 17.1. The van der Waals surface area contributed by atoms with Crippen LogP contribution in [0, 0.1) is 0 Å². The van der Waals surface area contributed by atoms with Gasteiger partial charge in [0.05, 0.1) is 11.4 Å². The summed E-state index contributed by atoms with van der Waals surface area (Å²) in [5.41, 5.74) is 16.4. The van der Waals surface area contributed by atoms with Gasteiger partial charge < -0.3 is 9.32 Å². The fourth-order valence-corrected chi connectivity index (χ4v) is 10.4. The van der Waals surface area contributed by atoms with E-state index >= 15 is 0 Å². The standard InChI is InChI=1S/C60H39NOS/c1-3-16-40(17-4-1)42-32-35-46(36-33-42)61(54-28-10-7-22-47(54)44-34-37-58-53(39-44)49-24-9-12-31-57(49)63-58)55-29-15-25-50(52-27-14-26-51-48-23-8-11-30-56(48)62-60(51)52)59(55)45-21-13-20-43(38-45)41-18-5-2-6-19-41/h1-39H. The monoisotopic (exact) mass is 821 g/mol. The number of thiophene rings is 1. The number of rotatable bonds is 8. The van der Waals surface area contributed by atoms with Gasteiger partial charge in [-0.1, -0.05) is 182 Å². The Morgan fingerprint density at radius 1 is 0.317 bits per heavy atom. The van der Waals surface area contributed by atoms with Crippen molar-refractivity contribution >= 4 is 70.5 Å². The normalized spacial score (nSPS) is 11.5. The molecule has 0 amide bonds.